The van der Waals surface area contributed by atoms with Gasteiger partial charge in [0.25, 0.3) is 0 Å². The molecule has 2 nitrogen and oxygen atoms in total. The van der Waals surface area contributed by atoms with Crippen molar-refractivity contribution in [3.63, 3.8) is 0 Å². The third-order valence-corrected chi connectivity index (χ3v) is 2.70. The zero-order chi connectivity index (χ0) is 11.3. The SMILES string of the molecule is CCC(C#N)CN(C)c1ccccc1C. The summed E-state index contributed by atoms with van der Waals surface area (Å²) in [6.45, 7) is 4.95. The van der Waals surface area contributed by atoms with E-state index in [1.165, 1.54) is 11.3 Å². The molecular formula is C13H18N2. The quantitative estimate of drug-likeness (QED) is 0.750. The second kappa shape index (κ2) is 5.41. The van der Waals surface area contributed by atoms with Crippen molar-refractivity contribution in [3.05, 3.63) is 29.8 Å². The van der Waals surface area contributed by atoms with Gasteiger partial charge < -0.3 is 4.90 Å². The van der Waals surface area contributed by atoms with E-state index in [1.54, 1.807) is 0 Å². The molecule has 1 unspecified atom stereocenters. The van der Waals surface area contributed by atoms with E-state index < -0.39 is 0 Å². The Bertz CT molecular complexity index is 352. The van der Waals surface area contributed by atoms with Crippen LogP contribution in [-0.2, 0) is 0 Å². The molecular weight excluding hydrogens is 184 g/mol. The molecule has 0 fully saturated rings. The van der Waals surface area contributed by atoms with Gasteiger partial charge in [-0.25, -0.2) is 0 Å². The molecule has 0 aliphatic rings. The summed E-state index contributed by atoms with van der Waals surface area (Å²) in [6.07, 6.45) is 0.909. The van der Waals surface area contributed by atoms with Crippen LogP contribution in [0.2, 0.25) is 0 Å². The number of nitriles is 1. The molecule has 0 amide bonds. The number of para-hydroxylation sites is 1. The minimum atomic E-state index is 0.120. The fourth-order valence-corrected chi connectivity index (χ4v) is 1.68. The molecule has 1 aromatic rings. The topological polar surface area (TPSA) is 27.0 Å². The number of hydrogen-bond acceptors (Lipinski definition) is 2. The zero-order valence-electron chi connectivity index (χ0n) is 9.70. The number of hydrogen-bond donors (Lipinski definition) is 0. The lowest BCUT2D eigenvalue weighted by molar-refractivity contribution is 0.630. The lowest BCUT2D eigenvalue weighted by atomic mass is 10.1. The van der Waals surface area contributed by atoms with Crippen LogP contribution in [-0.4, -0.2) is 13.6 Å². The van der Waals surface area contributed by atoms with Gasteiger partial charge in [-0.05, 0) is 25.0 Å². The van der Waals surface area contributed by atoms with Crippen LogP contribution in [0.25, 0.3) is 0 Å². The van der Waals surface area contributed by atoms with Crippen molar-refractivity contribution in [2.24, 2.45) is 5.92 Å². The molecule has 15 heavy (non-hydrogen) atoms. The summed E-state index contributed by atoms with van der Waals surface area (Å²) < 4.78 is 0. The molecule has 80 valence electrons. The maximum Gasteiger partial charge on any atom is 0.0674 e. The second-order valence-corrected chi connectivity index (χ2v) is 3.90. The molecule has 1 atom stereocenters. The van der Waals surface area contributed by atoms with Gasteiger partial charge in [-0.1, -0.05) is 25.1 Å². The Balaban J connectivity index is 2.73. The molecule has 0 N–H and O–H groups in total. The van der Waals surface area contributed by atoms with Gasteiger partial charge in [-0.15, -0.1) is 0 Å². The highest BCUT2D eigenvalue weighted by Crippen LogP contribution is 2.19. The summed E-state index contributed by atoms with van der Waals surface area (Å²) in [7, 11) is 2.04. The highest BCUT2D eigenvalue weighted by molar-refractivity contribution is 5.52. The predicted octanol–water partition coefficient (Wildman–Crippen LogP) is 2.98. The van der Waals surface area contributed by atoms with Crippen LogP contribution in [0.1, 0.15) is 18.9 Å². The summed E-state index contributed by atoms with van der Waals surface area (Å²) >= 11 is 0. The highest BCUT2D eigenvalue weighted by atomic mass is 15.1. The Kier molecular flexibility index (Phi) is 4.17. The molecule has 0 aliphatic heterocycles. The number of aryl methyl sites for hydroxylation is 1. The fraction of sp³-hybridized carbons (Fsp3) is 0.462. The molecule has 0 radical (unpaired) electrons. The lowest BCUT2D eigenvalue weighted by Crippen LogP contribution is -2.24. The third-order valence-electron chi connectivity index (χ3n) is 2.70. The van der Waals surface area contributed by atoms with Crippen LogP contribution in [0.3, 0.4) is 0 Å². The van der Waals surface area contributed by atoms with E-state index in [1.807, 2.05) is 19.2 Å². The largest absolute Gasteiger partial charge is 0.373 e. The molecule has 1 aromatic carbocycles. The van der Waals surface area contributed by atoms with Crippen molar-refractivity contribution in [1.82, 2.24) is 0 Å². The monoisotopic (exact) mass is 202 g/mol. The van der Waals surface area contributed by atoms with E-state index in [0.717, 1.165) is 13.0 Å². The summed E-state index contributed by atoms with van der Waals surface area (Å²) in [5, 5.41) is 8.91. The highest BCUT2D eigenvalue weighted by Gasteiger charge is 2.10. The minimum Gasteiger partial charge on any atom is -0.373 e. The van der Waals surface area contributed by atoms with Gasteiger partial charge >= 0.3 is 0 Å². The predicted molar refractivity (Wildman–Crippen MR) is 63.8 cm³/mol. The molecule has 0 spiro atoms. The van der Waals surface area contributed by atoms with Crippen LogP contribution in [0.15, 0.2) is 24.3 Å². The van der Waals surface area contributed by atoms with E-state index in [0.29, 0.717) is 0 Å². The lowest BCUT2D eigenvalue weighted by Gasteiger charge is -2.23. The van der Waals surface area contributed by atoms with E-state index in [9.17, 15) is 0 Å². The van der Waals surface area contributed by atoms with Gasteiger partial charge in [-0.3, -0.25) is 0 Å². The molecule has 0 aromatic heterocycles. The van der Waals surface area contributed by atoms with Crippen molar-refractivity contribution < 1.29 is 0 Å². The van der Waals surface area contributed by atoms with Crippen LogP contribution in [0.5, 0.6) is 0 Å². The zero-order valence-corrected chi connectivity index (χ0v) is 9.70. The summed E-state index contributed by atoms with van der Waals surface area (Å²) in [5.74, 6) is 0.120. The molecule has 0 heterocycles. The van der Waals surface area contributed by atoms with Gasteiger partial charge in [0.2, 0.25) is 0 Å². The van der Waals surface area contributed by atoms with Gasteiger partial charge in [0, 0.05) is 19.3 Å². The maximum atomic E-state index is 8.91. The Morgan fingerprint density at radius 3 is 2.60 bits per heavy atom. The van der Waals surface area contributed by atoms with Crippen LogP contribution < -0.4 is 4.90 Å². The van der Waals surface area contributed by atoms with E-state index in [4.69, 9.17) is 5.26 Å². The summed E-state index contributed by atoms with van der Waals surface area (Å²) in [6, 6.07) is 10.6. The molecule has 0 aliphatic carbocycles. The van der Waals surface area contributed by atoms with E-state index in [2.05, 4.69) is 36.9 Å². The molecule has 0 saturated carbocycles. The number of benzene rings is 1. The Labute approximate surface area is 92.1 Å². The van der Waals surface area contributed by atoms with Crippen molar-refractivity contribution in [2.45, 2.75) is 20.3 Å². The smallest absolute Gasteiger partial charge is 0.0674 e. The molecule has 0 saturated heterocycles. The Morgan fingerprint density at radius 1 is 1.40 bits per heavy atom. The fourth-order valence-electron chi connectivity index (χ4n) is 1.68. The number of rotatable bonds is 4. The Morgan fingerprint density at radius 2 is 2.07 bits per heavy atom. The first kappa shape index (κ1) is 11.6. The van der Waals surface area contributed by atoms with E-state index >= 15 is 0 Å². The minimum absolute atomic E-state index is 0.120. The van der Waals surface area contributed by atoms with Crippen LogP contribution in [0.4, 0.5) is 5.69 Å². The first-order valence-corrected chi connectivity index (χ1v) is 5.35. The van der Waals surface area contributed by atoms with Gasteiger partial charge in [0.15, 0.2) is 0 Å². The molecule has 2 heteroatoms. The van der Waals surface area contributed by atoms with E-state index in [-0.39, 0.29) is 5.92 Å². The Hall–Kier alpha value is -1.49. The van der Waals surface area contributed by atoms with Crippen molar-refractivity contribution in [1.29, 1.82) is 5.26 Å². The average Bonchev–Trinajstić information content (AvgIpc) is 2.26. The van der Waals surface area contributed by atoms with Crippen LogP contribution in [0, 0.1) is 24.2 Å². The number of nitrogens with zero attached hydrogens (tertiary/aromatic N) is 2. The first-order chi connectivity index (χ1) is 7.19. The van der Waals surface area contributed by atoms with Crippen molar-refractivity contribution in [3.8, 4) is 6.07 Å². The van der Waals surface area contributed by atoms with Gasteiger partial charge in [0.05, 0.1) is 12.0 Å². The van der Waals surface area contributed by atoms with Gasteiger partial charge in [-0.2, -0.15) is 5.26 Å². The first-order valence-electron chi connectivity index (χ1n) is 5.35. The second-order valence-electron chi connectivity index (χ2n) is 3.90. The molecule has 1 rings (SSSR count). The third kappa shape index (κ3) is 2.99. The summed E-state index contributed by atoms with van der Waals surface area (Å²) in [4.78, 5) is 2.16. The number of anilines is 1. The standard InChI is InChI=1S/C13H18N2/c1-4-12(9-14)10-15(3)13-8-6-5-7-11(13)2/h5-8,12H,4,10H2,1-3H3. The maximum absolute atomic E-state index is 8.91. The van der Waals surface area contributed by atoms with Gasteiger partial charge in [0.1, 0.15) is 0 Å². The summed E-state index contributed by atoms with van der Waals surface area (Å²) in [5.41, 5.74) is 2.47. The average molecular weight is 202 g/mol. The van der Waals surface area contributed by atoms with Crippen molar-refractivity contribution in [2.75, 3.05) is 18.5 Å². The van der Waals surface area contributed by atoms with Crippen LogP contribution >= 0.6 is 0 Å². The molecule has 0 bridgehead atoms. The van der Waals surface area contributed by atoms with Crippen molar-refractivity contribution >= 4 is 5.69 Å². The normalized spacial score (nSPS) is 11.9.